The molecule has 0 unspecified atom stereocenters. The maximum absolute atomic E-state index is 13.0. The number of hydrogen-bond donors (Lipinski definition) is 6. The number of rotatable bonds is 12. The van der Waals surface area contributed by atoms with E-state index in [1.54, 1.807) is 31.1 Å². The zero-order valence-corrected chi connectivity index (χ0v) is 57.9. The highest BCUT2D eigenvalue weighted by Crippen LogP contribution is 2.37. The van der Waals surface area contributed by atoms with Gasteiger partial charge >= 0.3 is 19.1 Å². The molecule has 3 aliphatic heterocycles. The van der Waals surface area contributed by atoms with Crippen LogP contribution < -0.4 is 33.7 Å². The first-order chi connectivity index (χ1) is 48.3. The normalized spacial score (nSPS) is 16.2. The predicted octanol–water partition coefficient (Wildman–Crippen LogP) is 3.90. The van der Waals surface area contributed by atoms with Gasteiger partial charge in [0, 0.05) is 57.4 Å². The molecule has 3 saturated heterocycles. The average molecular weight is 1400 g/mol. The number of fused-ring (bicyclic) bond motifs is 3. The van der Waals surface area contributed by atoms with Gasteiger partial charge in [-0.15, -0.1) is 14.4 Å². The minimum absolute atomic E-state index is 0.0277. The number of likely N-dealkylation sites (tertiary alicyclic amines) is 2. The number of methoxy groups -OCH3 is 1. The largest absolute Gasteiger partial charge is 0.494 e. The molecule has 0 radical (unpaired) electrons. The van der Waals surface area contributed by atoms with E-state index in [0.717, 1.165) is 74.9 Å². The van der Waals surface area contributed by atoms with E-state index in [2.05, 4.69) is 143 Å². The van der Waals surface area contributed by atoms with Gasteiger partial charge in [-0.3, -0.25) is 4.79 Å². The van der Waals surface area contributed by atoms with Crippen LogP contribution >= 0.6 is 11.6 Å². The molecule has 3 fully saturated rings. The zero-order chi connectivity index (χ0) is 72.0. The second-order valence-corrected chi connectivity index (χ2v) is 25.3. The number of halogens is 1. The SMILES string of the molecule is CN1CCC[C@@H]1CN.CN1CCC[C@@H]1CNC(=O)c1nc(-c2ccc3ncn(C)c3c2)c(-n2nccn2)nc1N.COC(=O)c1nc(Cl)c(-n2nccn2)nc1N.Cn1cnc2ccc(-c3nc(C(=O)O)c(N)nc3-n3nccn3)cc21.Cn1cnc2ccc(B3OC(C)(C)C(C)(C)O3)cc21. The molecule has 2 atom stereocenters. The number of benzene rings is 3. The van der Waals surface area contributed by atoms with Crippen LogP contribution in [-0.2, 0) is 35.2 Å². The van der Waals surface area contributed by atoms with Crippen LogP contribution in [0.2, 0.25) is 5.15 Å². The molecule has 35 nitrogen and oxygen atoms in total. The molecule has 3 aromatic carbocycles. The van der Waals surface area contributed by atoms with Crippen molar-refractivity contribution in [2.75, 3.05) is 64.6 Å². The number of carbonyl (C=O) groups is 3. The van der Waals surface area contributed by atoms with Crippen LogP contribution in [0.3, 0.4) is 0 Å². The van der Waals surface area contributed by atoms with Gasteiger partial charge in [-0.05, 0) is 122 Å². The van der Waals surface area contributed by atoms with Gasteiger partial charge in [0.1, 0.15) is 11.4 Å². The number of carboxylic acids is 1. The van der Waals surface area contributed by atoms with Gasteiger partial charge in [0.2, 0.25) is 17.5 Å². The maximum Gasteiger partial charge on any atom is 0.494 e. The number of carboxylic acid groups (broad SMARTS) is 1. The van der Waals surface area contributed by atoms with E-state index >= 15 is 0 Å². The summed E-state index contributed by atoms with van der Waals surface area (Å²) in [5.74, 6) is -1.86. The summed E-state index contributed by atoms with van der Waals surface area (Å²) < 4.78 is 22.4. The predicted molar refractivity (Wildman–Crippen MR) is 376 cm³/mol. The molecule has 10 N–H and O–H groups in total. The number of nitrogens with zero attached hydrogens (tertiary/aromatic N) is 23. The monoisotopic (exact) mass is 1390 g/mol. The number of likely N-dealkylation sites (N-methyl/N-ethyl adjacent to an activating group) is 2. The van der Waals surface area contributed by atoms with Crippen LogP contribution in [0.15, 0.2) is 111 Å². The Balaban J connectivity index is 0.000000134. The van der Waals surface area contributed by atoms with Gasteiger partial charge in [-0.1, -0.05) is 29.8 Å². The summed E-state index contributed by atoms with van der Waals surface area (Å²) in [4.78, 5) is 82.1. The molecule has 37 heteroatoms. The van der Waals surface area contributed by atoms with Crippen molar-refractivity contribution in [3.05, 3.63) is 133 Å². The van der Waals surface area contributed by atoms with Crippen LogP contribution in [-0.4, -0.2) is 214 Å². The van der Waals surface area contributed by atoms with Gasteiger partial charge in [-0.25, -0.2) is 54.4 Å². The van der Waals surface area contributed by atoms with Crippen LogP contribution in [0.25, 0.3) is 73.1 Å². The van der Waals surface area contributed by atoms with E-state index in [-0.39, 0.29) is 75.6 Å². The summed E-state index contributed by atoms with van der Waals surface area (Å²) in [5.41, 5.74) is 30.7. The quantitative estimate of drug-likeness (QED) is 0.0746. The van der Waals surface area contributed by atoms with E-state index in [9.17, 15) is 19.5 Å². The molecular formula is C64H76BClN28O7. The molecule has 0 spiro atoms. The van der Waals surface area contributed by atoms with E-state index in [0.29, 0.717) is 41.4 Å². The fraction of sp³-hybridized carbons (Fsp3) is 0.344. The number of aromatic carboxylic acids is 1. The number of carbonyl (C=O) groups excluding carboxylic acids is 2. The number of hydrogen-bond acceptors (Lipinski definition) is 27. The highest BCUT2D eigenvalue weighted by Gasteiger charge is 2.52. The number of amides is 1. The maximum atomic E-state index is 13.0. The van der Waals surface area contributed by atoms with Gasteiger partial charge in [0.05, 0.1) is 108 Å². The number of nitrogen functional groups attached to an aromatic ring is 3. The Morgan fingerprint density at radius 1 is 0.584 bits per heavy atom. The molecule has 524 valence electrons. The fourth-order valence-corrected chi connectivity index (χ4v) is 11.5. The number of aromatic nitrogens is 21. The smallest absolute Gasteiger partial charge is 0.476 e. The third kappa shape index (κ3) is 15.5. The van der Waals surface area contributed by atoms with Crippen molar-refractivity contribution in [1.82, 2.24) is 119 Å². The number of ether oxygens (including phenoxy) is 1. The number of nitrogens with two attached hydrogens (primary N) is 4. The van der Waals surface area contributed by atoms with E-state index in [1.165, 1.54) is 60.9 Å². The molecule has 101 heavy (non-hydrogen) atoms. The van der Waals surface area contributed by atoms with Gasteiger partial charge in [0.25, 0.3) is 5.91 Å². The lowest BCUT2D eigenvalue weighted by atomic mass is 9.79. The highest BCUT2D eigenvalue weighted by molar-refractivity contribution is 6.62. The molecule has 1 amide bonds. The Morgan fingerprint density at radius 3 is 1.44 bits per heavy atom. The summed E-state index contributed by atoms with van der Waals surface area (Å²) in [6, 6.07) is 18.3. The van der Waals surface area contributed by atoms with Crippen LogP contribution in [0.5, 0.6) is 0 Å². The lowest BCUT2D eigenvalue weighted by molar-refractivity contribution is 0.00578. The molecule has 12 aromatic rings. The van der Waals surface area contributed by atoms with Crippen LogP contribution in [0.1, 0.15) is 84.8 Å². The minimum Gasteiger partial charge on any atom is -0.476 e. The first-order valence-corrected chi connectivity index (χ1v) is 32.3. The number of aryl methyl sites for hydroxylation is 3. The lowest BCUT2D eigenvalue weighted by Crippen LogP contribution is -2.41. The molecule has 3 aliphatic rings. The highest BCUT2D eigenvalue weighted by atomic mass is 35.5. The van der Waals surface area contributed by atoms with E-state index in [4.69, 9.17) is 43.8 Å². The second-order valence-electron chi connectivity index (χ2n) is 24.9. The first kappa shape index (κ1) is 71.0. The number of nitrogens with one attached hydrogen (secondary N) is 1. The third-order valence-corrected chi connectivity index (χ3v) is 17.9. The Bertz CT molecular complexity index is 4910. The summed E-state index contributed by atoms with van der Waals surface area (Å²) >= 11 is 5.86. The number of anilines is 3. The van der Waals surface area contributed by atoms with Gasteiger partial charge < -0.3 is 70.9 Å². The summed E-state index contributed by atoms with van der Waals surface area (Å²) in [5, 5.41) is 36.3. The summed E-state index contributed by atoms with van der Waals surface area (Å²) in [6.45, 7) is 11.9. The average Bonchev–Trinajstić information content (AvgIpc) is 1.62. The van der Waals surface area contributed by atoms with Crippen LogP contribution in [0, 0.1) is 0 Å². The van der Waals surface area contributed by atoms with Crippen molar-refractivity contribution in [3.8, 4) is 40.0 Å². The third-order valence-electron chi connectivity index (χ3n) is 17.7. The van der Waals surface area contributed by atoms with Gasteiger partial charge in [-0.2, -0.15) is 30.6 Å². The fourth-order valence-electron chi connectivity index (χ4n) is 11.3. The zero-order valence-electron chi connectivity index (χ0n) is 57.2. The Morgan fingerprint density at radius 2 is 1.00 bits per heavy atom. The second kappa shape index (κ2) is 30.0. The van der Waals surface area contributed by atoms with Crippen LogP contribution in [0.4, 0.5) is 17.5 Å². The van der Waals surface area contributed by atoms with E-state index in [1.807, 2.05) is 83.6 Å². The molecule has 12 heterocycles. The summed E-state index contributed by atoms with van der Waals surface area (Å²) in [6.07, 6.45) is 19.0. The summed E-state index contributed by atoms with van der Waals surface area (Å²) in [7, 11) is 10.9. The standard InChI is InChI=1S/C21H24N10O.C15H12N8O2.C14H19BN2O2.C8H7ClN6O2.C6H14N2/c1-29-9-3-4-14(29)11-23-21(32)18-19(22)28-20(31-25-7-8-26-31)17(27-18)13-5-6-15-16(10-13)30(2)12-24-15;1-22-7-17-9-3-2-8(6-10(9)22)11-14(23-18-4-5-19-23)21-13(16)12(20-11)15(24)25;1-13(2)14(3,4)19-15(18-13)10-6-7-11-12(8-10)17(5)9-16-11;1-17-8(16)4-6(10)14-7(5(9)13-4)15-11-2-3-12-15;1-8-4-2-3-6(8)5-7/h5-8,10,12,14H,3-4,9,11H2,1-2H3,(H2,22,28)(H,23,32);2-7H,1H3,(H2,16,21)(H,24,25);6-9H,1-5H3;2-3H,1H3,(H2,10,14);6H,2-5,7H2,1H3/t14-;;;;6-/m1...1/s1. The van der Waals surface area contributed by atoms with Crippen molar-refractivity contribution >= 4 is 92.6 Å². The first-order valence-electron chi connectivity index (χ1n) is 31.9. The van der Waals surface area contributed by atoms with E-state index < -0.39 is 11.9 Å². The van der Waals surface area contributed by atoms with Gasteiger partial charge in [0.15, 0.2) is 39.7 Å². The Labute approximate surface area is 583 Å². The number of imidazole rings is 3. The Kier molecular flexibility index (Phi) is 21.1. The molecular weight excluding hydrogens is 1320 g/mol. The molecule has 15 rings (SSSR count). The number of esters is 1. The Hall–Kier alpha value is -11.3. The lowest BCUT2D eigenvalue weighted by Gasteiger charge is -2.32. The van der Waals surface area contributed by atoms with Crippen molar-refractivity contribution in [3.63, 3.8) is 0 Å². The van der Waals surface area contributed by atoms with Crippen molar-refractivity contribution in [2.45, 2.75) is 76.7 Å². The minimum atomic E-state index is -1.26. The topological polar surface area (TPSA) is 445 Å². The van der Waals surface area contributed by atoms with Crippen molar-refractivity contribution in [2.24, 2.45) is 26.9 Å². The van der Waals surface area contributed by atoms with Crippen molar-refractivity contribution < 1.29 is 33.5 Å². The molecule has 0 bridgehead atoms. The molecule has 9 aromatic heterocycles. The molecule has 0 saturated carbocycles. The van der Waals surface area contributed by atoms with Crippen molar-refractivity contribution in [1.29, 1.82) is 0 Å². The molecule has 0 aliphatic carbocycles.